The van der Waals surface area contributed by atoms with Gasteiger partial charge in [-0.1, -0.05) is 24.3 Å². The first kappa shape index (κ1) is 12.4. The van der Waals surface area contributed by atoms with Gasteiger partial charge in [0.2, 0.25) is 0 Å². The molecule has 0 fully saturated rings. The standard InChI is InChI=1S/C15H16BrNS/c16-14-7-10-18-15(14)11-17-8-5-12-3-1-2-4-13(12)6-9-17/h1-4,7,10H,5-6,8-9,11H2. The van der Waals surface area contributed by atoms with Gasteiger partial charge in [0.05, 0.1) is 0 Å². The number of halogens is 1. The third-order valence-corrected chi connectivity index (χ3v) is 5.48. The van der Waals surface area contributed by atoms with Crippen molar-refractivity contribution in [1.29, 1.82) is 0 Å². The second-order valence-electron chi connectivity index (χ2n) is 4.74. The molecule has 0 saturated carbocycles. The van der Waals surface area contributed by atoms with Crippen molar-refractivity contribution in [2.24, 2.45) is 0 Å². The van der Waals surface area contributed by atoms with Crippen LogP contribution >= 0.6 is 27.3 Å². The van der Waals surface area contributed by atoms with Gasteiger partial charge in [0.15, 0.2) is 0 Å². The monoisotopic (exact) mass is 321 g/mol. The summed E-state index contributed by atoms with van der Waals surface area (Å²) >= 11 is 5.47. The fourth-order valence-corrected chi connectivity index (χ4v) is 4.03. The smallest absolute Gasteiger partial charge is 0.0339 e. The number of nitrogens with zero attached hydrogens (tertiary/aromatic N) is 1. The molecule has 18 heavy (non-hydrogen) atoms. The SMILES string of the molecule is Brc1ccsc1CN1CCc2ccccc2CC1. The van der Waals surface area contributed by atoms with Crippen molar-refractivity contribution < 1.29 is 0 Å². The van der Waals surface area contributed by atoms with Crippen LogP contribution in [0.25, 0.3) is 0 Å². The first-order valence-electron chi connectivity index (χ1n) is 6.34. The van der Waals surface area contributed by atoms with Crippen molar-refractivity contribution in [2.75, 3.05) is 13.1 Å². The number of fused-ring (bicyclic) bond motifs is 1. The third-order valence-electron chi connectivity index (χ3n) is 3.57. The molecule has 0 saturated heterocycles. The van der Waals surface area contributed by atoms with E-state index in [1.165, 1.54) is 46.4 Å². The van der Waals surface area contributed by atoms with Gasteiger partial charge in [-0.25, -0.2) is 0 Å². The Balaban J connectivity index is 1.70. The van der Waals surface area contributed by atoms with Gasteiger partial charge >= 0.3 is 0 Å². The fourth-order valence-electron chi connectivity index (χ4n) is 2.51. The van der Waals surface area contributed by atoms with E-state index in [1.807, 2.05) is 11.3 Å². The molecule has 1 aliphatic rings. The lowest BCUT2D eigenvalue weighted by Gasteiger charge is -2.18. The molecule has 3 rings (SSSR count). The zero-order valence-electron chi connectivity index (χ0n) is 10.2. The van der Waals surface area contributed by atoms with Gasteiger partial charge in [-0.05, 0) is 51.3 Å². The fraction of sp³-hybridized carbons (Fsp3) is 0.333. The van der Waals surface area contributed by atoms with Crippen LogP contribution in [-0.2, 0) is 19.4 Å². The molecule has 94 valence electrons. The van der Waals surface area contributed by atoms with Gasteiger partial charge in [-0.3, -0.25) is 4.90 Å². The minimum Gasteiger partial charge on any atom is -0.298 e. The van der Waals surface area contributed by atoms with Crippen LogP contribution < -0.4 is 0 Å². The molecule has 3 heteroatoms. The minimum atomic E-state index is 1.08. The summed E-state index contributed by atoms with van der Waals surface area (Å²) in [5.41, 5.74) is 3.07. The molecule has 0 atom stereocenters. The highest BCUT2D eigenvalue weighted by molar-refractivity contribution is 9.10. The highest BCUT2D eigenvalue weighted by Gasteiger charge is 2.14. The van der Waals surface area contributed by atoms with Crippen LogP contribution in [-0.4, -0.2) is 18.0 Å². The van der Waals surface area contributed by atoms with Gasteiger partial charge in [0, 0.05) is 29.0 Å². The summed E-state index contributed by atoms with van der Waals surface area (Å²) in [4.78, 5) is 4.01. The Hall–Kier alpha value is -0.640. The highest BCUT2D eigenvalue weighted by Crippen LogP contribution is 2.25. The molecular formula is C15H16BrNS. The average Bonchev–Trinajstić information content (AvgIpc) is 2.68. The molecule has 0 unspecified atom stereocenters. The van der Waals surface area contributed by atoms with Crippen LogP contribution in [0, 0.1) is 0 Å². The van der Waals surface area contributed by atoms with E-state index in [9.17, 15) is 0 Å². The largest absolute Gasteiger partial charge is 0.298 e. The zero-order valence-corrected chi connectivity index (χ0v) is 12.6. The van der Waals surface area contributed by atoms with Crippen LogP contribution in [0.2, 0.25) is 0 Å². The molecule has 0 radical (unpaired) electrons. The van der Waals surface area contributed by atoms with Gasteiger partial charge in [0.1, 0.15) is 0 Å². The van der Waals surface area contributed by atoms with Gasteiger partial charge in [-0.2, -0.15) is 0 Å². The molecule has 1 aliphatic heterocycles. The molecule has 2 heterocycles. The summed E-state index contributed by atoms with van der Waals surface area (Å²) in [6.07, 6.45) is 2.36. The third kappa shape index (κ3) is 2.68. The number of rotatable bonds is 2. The van der Waals surface area contributed by atoms with E-state index in [2.05, 4.69) is 56.5 Å². The van der Waals surface area contributed by atoms with Gasteiger partial charge < -0.3 is 0 Å². The summed E-state index contributed by atoms with van der Waals surface area (Å²) in [7, 11) is 0. The lowest BCUT2D eigenvalue weighted by Crippen LogP contribution is -2.25. The van der Waals surface area contributed by atoms with E-state index in [0.29, 0.717) is 0 Å². The van der Waals surface area contributed by atoms with E-state index in [1.54, 1.807) is 0 Å². The maximum absolute atomic E-state index is 3.62. The maximum Gasteiger partial charge on any atom is 0.0339 e. The quantitative estimate of drug-likeness (QED) is 0.804. The zero-order chi connectivity index (χ0) is 12.4. The number of thiophene rings is 1. The van der Waals surface area contributed by atoms with Crippen molar-refractivity contribution in [3.05, 3.63) is 56.2 Å². The lowest BCUT2D eigenvalue weighted by molar-refractivity contribution is 0.281. The summed E-state index contributed by atoms with van der Waals surface area (Å²) in [6, 6.07) is 11.0. The Morgan fingerprint density at radius 2 is 1.72 bits per heavy atom. The first-order valence-corrected chi connectivity index (χ1v) is 8.01. The number of hydrogen-bond acceptors (Lipinski definition) is 2. The summed E-state index contributed by atoms with van der Waals surface area (Å²) < 4.78 is 1.26. The van der Waals surface area contributed by atoms with E-state index in [-0.39, 0.29) is 0 Å². The topological polar surface area (TPSA) is 3.24 Å². The molecule has 2 aromatic rings. The number of benzene rings is 1. The Labute approximate surface area is 121 Å². The van der Waals surface area contributed by atoms with Gasteiger partial charge in [0.25, 0.3) is 0 Å². The van der Waals surface area contributed by atoms with Gasteiger partial charge in [-0.15, -0.1) is 11.3 Å². The first-order chi connectivity index (χ1) is 8.83. The van der Waals surface area contributed by atoms with Crippen LogP contribution in [0.15, 0.2) is 40.2 Å². The Morgan fingerprint density at radius 1 is 1.06 bits per heavy atom. The average molecular weight is 322 g/mol. The number of hydrogen-bond donors (Lipinski definition) is 0. The molecule has 1 aromatic heterocycles. The molecule has 1 aromatic carbocycles. The van der Waals surface area contributed by atoms with E-state index < -0.39 is 0 Å². The Bertz CT molecular complexity index is 508. The summed E-state index contributed by atoms with van der Waals surface area (Å²) in [5.74, 6) is 0. The second-order valence-corrected chi connectivity index (χ2v) is 6.59. The van der Waals surface area contributed by atoms with Crippen LogP contribution in [0.3, 0.4) is 0 Å². The molecule has 1 nitrogen and oxygen atoms in total. The molecule has 0 spiro atoms. The second kappa shape index (κ2) is 5.55. The van der Waals surface area contributed by atoms with Crippen molar-refractivity contribution in [2.45, 2.75) is 19.4 Å². The summed E-state index contributed by atoms with van der Waals surface area (Å²) in [6.45, 7) is 3.41. The molecule has 0 N–H and O–H groups in total. The van der Waals surface area contributed by atoms with Crippen molar-refractivity contribution in [1.82, 2.24) is 4.90 Å². The lowest BCUT2D eigenvalue weighted by atomic mass is 10.0. The van der Waals surface area contributed by atoms with Crippen molar-refractivity contribution in [3.63, 3.8) is 0 Å². The van der Waals surface area contributed by atoms with Crippen LogP contribution in [0.4, 0.5) is 0 Å². The predicted molar refractivity (Wildman–Crippen MR) is 81.1 cm³/mol. The normalized spacial score (nSPS) is 16.3. The highest BCUT2D eigenvalue weighted by atomic mass is 79.9. The maximum atomic E-state index is 3.62. The van der Waals surface area contributed by atoms with Crippen molar-refractivity contribution in [3.8, 4) is 0 Å². The van der Waals surface area contributed by atoms with E-state index in [0.717, 1.165) is 6.54 Å². The minimum absolute atomic E-state index is 1.08. The molecule has 0 amide bonds. The molecule has 0 aliphatic carbocycles. The van der Waals surface area contributed by atoms with Crippen molar-refractivity contribution >= 4 is 27.3 Å². The Morgan fingerprint density at radius 3 is 2.28 bits per heavy atom. The predicted octanol–water partition coefficient (Wildman–Crippen LogP) is 4.11. The Kier molecular flexibility index (Phi) is 3.83. The van der Waals surface area contributed by atoms with E-state index in [4.69, 9.17) is 0 Å². The van der Waals surface area contributed by atoms with Crippen LogP contribution in [0.5, 0.6) is 0 Å². The van der Waals surface area contributed by atoms with E-state index >= 15 is 0 Å². The summed E-state index contributed by atoms with van der Waals surface area (Å²) in [5, 5.41) is 2.16. The van der Waals surface area contributed by atoms with Crippen LogP contribution in [0.1, 0.15) is 16.0 Å². The molecular weight excluding hydrogens is 306 g/mol. The molecule has 0 bridgehead atoms.